The Kier molecular flexibility index (Phi) is 4.98. The number of rotatable bonds is 4. The number of para-hydroxylation sites is 1. The molecular weight excluding hydrogens is 214 g/mol. The highest BCUT2D eigenvalue weighted by Gasteiger charge is 2.15. The molecule has 0 saturated heterocycles. The molecule has 0 radical (unpaired) electrons. The monoisotopic (exact) mass is 227 g/mol. The molecule has 1 aromatic carbocycles. The Morgan fingerprint density at radius 1 is 1.40 bits per heavy atom. The summed E-state index contributed by atoms with van der Waals surface area (Å²) in [7, 11) is 0. The summed E-state index contributed by atoms with van der Waals surface area (Å²) in [6, 6.07) is 9.34. The number of carbonyl (C=O) groups is 1. The number of benzene rings is 1. The van der Waals surface area contributed by atoms with Crippen LogP contribution in [-0.2, 0) is 4.74 Å². The topological polar surface area (TPSA) is 29.5 Å². The first-order valence-electron chi connectivity index (χ1n) is 4.85. The minimum Gasteiger partial charge on any atom is -0.449 e. The second-order valence-corrected chi connectivity index (χ2v) is 3.25. The van der Waals surface area contributed by atoms with Crippen molar-refractivity contribution in [2.75, 3.05) is 23.9 Å². The van der Waals surface area contributed by atoms with E-state index in [1.165, 1.54) is 4.90 Å². The fourth-order valence-electron chi connectivity index (χ4n) is 1.22. The van der Waals surface area contributed by atoms with Gasteiger partial charge >= 0.3 is 6.09 Å². The second kappa shape index (κ2) is 6.30. The summed E-state index contributed by atoms with van der Waals surface area (Å²) in [5.74, 6) is 0.383. The molecule has 0 aliphatic rings. The highest BCUT2D eigenvalue weighted by molar-refractivity contribution is 6.18. The lowest BCUT2D eigenvalue weighted by atomic mass is 10.3. The van der Waals surface area contributed by atoms with Gasteiger partial charge in [0.2, 0.25) is 0 Å². The van der Waals surface area contributed by atoms with Gasteiger partial charge in [0, 0.05) is 18.1 Å². The van der Waals surface area contributed by atoms with Crippen LogP contribution in [0, 0.1) is 0 Å². The molecule has 0 fully saturated rings. The van der Waals surface area contributed by atoms with E-state index in [2.05, 4.69) is 0 Å². The van der Waals surface area contributed by atoms with Gasteiger partial charge in [0.1, 0.15) is 0 Å². The Bertz CT molecular complexity index is 303. The zero-order valence-corrected chi connectivity index (χ0v) is 9.41. The Hall–Kier alpha value is -1.22. The van der Waals surface area contributed by atoms with Crippen LogP contribution < -0.4 is 4.90 Å². The Morgan fingerprint density at radius 3 is 2.60 bits per heavy atom. The van der Waals surface area contributed by atoms with Gasteiger partial charge in [0.15, 0.2) is 0 Å². The fourth-order valence-corrected chi connectivity index (χ4v) is 1.39. The Balaban J connectivity index is 2.78. The molecule has 15 heavy (non-hydrogen) atoms. The maximum Gasteiger partial charge on any atom is 0.414 e. The van der Waals surface area contributed by atoms with Gasteiger partial charge in [0.25, 0.3) is 0 Å². The van der Waals surface area contributed by atoms with E-state index in [4.69, 9.17) is 16.3 Å². The third kappa shape index (κ3) is 3.44. The molecule has 1 amide bonds. The molecular formula is C11H14ClNO2. The number of hydrogen-bond donors (Lipinski definition) is 0. The van der Waals surface area contributed by atoms with Crippen LogP contribution in [0.2, 0.25) is 0 Å². The number of carbonyl (C=O) groups excluding carboxylic acids is 1. The van der Waals surface area contributed by atoms with Crippen LogP contribution in [0.3, 0.4) is 0 Å². The van der Waals surface area contributed by atoms with E-state index in [1.807, 2.05) is 30.3 Å². The molecule has 0 aliphatic heterocycles. The van der Waals surface area contributed by atoms with Gasteiger partial charge in [-0.05, 0) is 19.1 Å². The Morgan fingerprint density at radius 2 is 2.07 bits per heavy atom. The van der Waals surface area contributed by atoms with Crippen molar-refractivity contribution < 1.29 is 9.53 Å². The number of alkyl halides is 1. The van der Waals surface area contributed by atoms with Crippen molar-refractivity contribution in [3.05, 3.63) is 30.3 Å². The molecule has 3 nitrogen and oxygen atoms in total. The van der Waals surface area contributed by atoms with Crippen molar-refractivity contribution in [3.63, 3.8) is 0 Å². The molecule has 0 unspecified atom stereocenters. The predicted octanol–water partition coefficient (Wildman–Crippen LogP) is 2.89. The zero-order valence-electron chi connectivity index (χ0n) is 8.65. The molecule has 0 N–H and O–H groups in total. The van der Waals surface area contributed by atoms with Gasteiger partial charge in [-0.3, -0.25) is 4.90 Å². The van der Waals surface area contributed by atoms with Gasteiger partial charge in [-0.25, -0.2) is 4.79 Å². The molecule has 0 aromatic heterocycles. The summed E-state index contributed by atoms with van der Waals surface area (Å²) in [6.07, 6.45) is -0.357. The number of amides is 1. The maximum atomic E-state index is 11.6. The van der Waals surface area contributed by atoms with Crippen molar-refractivity contribution >= 4 is 23.4 Å². The minimum absolute atomic E-state index is 0.357. The lowest BCUT2D eigenvalue weighted by Crippen LogP contribution is -2.33. The molecule has 0 aliphatic carbocycles. The summed E-state index contributed by atoms with van der Waals surface area (Å²) in [5.41, 5.74) is 0.802. The minimum atomic E-state index is -0.357. The third-order valence-electron chi connectivity index (χ3n) is 1.86. The molecule has 82 valence electrons. The SMILES string of the molecule is CCOC(=O)N(CCCl)c1ccccc1. The van der Waals surface area contributed by atoms with E-state index in [0.717, 1.165) is 5.69 Å². The van der Waals surface area contributed by atoms with Crippen LogP contribution in [-0.4, -0.2) is 25.1 Å². The largest absolute Gasteiger partial charge is 0.449 e. The molecule has 4 heteroatoms. The number of ether oxygens (including phenoxy) is 1. The van der Waals surface area contributed by atoms with Gasteiger partial charge < -0.3 is 4.74 Å². The highest BCUT2D eigenvalue weighted by atomic mass is 35.5. The summed E-state index contributed by atoms with van der Waals surface area (Å²) in [6.45, 7) is 2.59. The zero-order chi connectivity index (χ0) is 11.1. The first-order chi connectivity index (χ1) is 7.29. The van der Waals surface area contributed by atoms with Crippen LogP contribution >= 0.6 is 11.6 Å². The predicted molar refractivity (Wildman–Crippen MR) is 61.5 cm³/mol. The van der Waals surface area contributed by atoms with Crippen LogP contribution in [0.15, 0.2) is 30.3 Å². The fraction of sp³-hybridized carbons (Fsp3) is 0.364. The van der Waals surface area contributed by atoms with Crippen molar-refractivity contribution in [2.24, 2.45) is 0 Å². The van der Waals surface area contributed by atoms with Gasteiger partial charge in [-0.1, -0.05) is 18.2 Å². The Labute approximate surface area is 94.6 Å². The summed E-state index contributed by atoms with van der Waals surface area (Å²) < 4.78 is 4.94. The first-order valence-corrected chi connectivity index (χ1v) is 5.38. The van der Waals surface area contributed by atoms with Crippen molar-refractivity contribution in [1.29, 1.82) is 0 Å². The summed E-state index contributed by atoms with van der Waals surface area (Å²) in [5, 5.41) is 0. The molecule has 0 atom stereocenters. The van der Waals surface area contributed by atoms with Crippen LogP contribution in [0.4, 0.5) is 10.5 Å². The van der Waals surface area contributed by atoms with Crippen molar-refractivity contribution in [1.82, 2.24) is 0 Å². The van der Waals surface area contributed by atoms with E-state index in [9.17, 15) is 4.79 Å². The summed E-state index contributed by atoms with van der Waals surface area (Å²) in [4.78, 5) is 13.1. The standard InChI is InChI=1S/C11H14ClNO2/c1-2-15-11(14)13(9-8-12)10-6-4-3-5-7-10/h3-7H,2,8-9H2,1H3. The van der Waals surface area contributed by atoms with Crippen LogP contribution in [0.5, 0.6) is 0 Å². The van der Waals surface area contributed by atoms with Gasteiger partial charge in [0.05, 0.1) is 6.61 Å². The number of halogens is 1. The normalized spacial score (nSPS) is 9.73. The van der Waals surface area contributed by atoms with Crippen molar-refractivity contribution in [3.8, 4) is 0 Å². The molecule has 1 rings (SSSR count). The molecule has 1 aromatic rings. The van der Waals surface area contributed by atoms with E-state index in [1.54, 1.807) is 6.92 Å². The average Bonchev–Trinajstić information content (AvgIpc) is 2.27. The maximum absolute atomic E-state index is 11.6. The molecule has 0 bridgehead atoms. The first kappa shape index (κ1) is 11.9. The van der Waals surface area contributed by atoms with Gasteiger partial charge in [-0.15, -0.1) is 11.6 Å². The smallest absolute Gasteiger partial charge is 0.414 e. The molecule has 0 heterocycles. The van der Waals surface area contributed by atoms with E-state index >= 15 is 0 Å². The molecule has 0 saturated carbocycles. The highest BCUT2D eigenvalue weighted by Crippen LogP contribution is 2.14. The van der Waals surface area contributed by atoms with E-state index in [-0.39, 0.29) is 6.09 Å². The van der Waals surface area contributed by atoms with E-state index < -0.39 is 0 Å². The number of hydrogen-bond acceptors (Lipinski definition) is 2. The lowest BCUT2D eigenvalue weighted by molar-refractivity contribution is 0.160. The quantitative estimate of drug-likeness (QED) is 0.741. The van der Waals surface area contributed by atoms with Crippen LogP contribution in [0.25, 0.3) is 0 Å². The average molecular weight is 228 g/mol. The molecule has 0 spiro atoms. The van der Waals surface area contributed by atoms with Crippen LogP contribution in [0.1, 0.15) is 6.92 Å². The number of anilines is 1. The lowest BCUT2D eigenvalue weighted by Gasteiger charge is -2.20. The second-order valence-electron chi connectivity index (χ2n) is 2.88. The van der Waals surface area contributed by atoms with E-state index in [0.29, 0.717) is 19.0 Å². The van der Waals surface area contributed by atoms with Gasteiger partial charge in [-0.2, -0.15) is 0 Å². The van der Waals surface area contributed by atoms with Crippen molar-refractivity contribution in [2.45, 2.75) is 6.92 Å². The number of nitrogens with zero attached hydrogens (tertiary/aromatic N) is 1. The third-order valence-corrected chi connectivity index (χ3v) is 2.03. The summed E-state index contributed by atoms with van der Waals surface area (Å²) >= 11 is 5.64.